The second-order valence-corrected chi connectivity index (χ2v) is 4.70. The van der Waals surface area contributed by atoms with Gasteiger partial charge < -0.3 is 9.64 Å². The van der Waals surface area contributed by atoms with Gasteiger partial charge in [0.05, 0.1) is 7.11 Å². The largest absolute Gasteiger partial charge is 0.468 e. The number of hydrogen-bond acceptors (Lipinski definition) is 4. The van der Waals surface area contributed by atoms with Crippen molar-refractivity contribution in [2.24, 2.45) is 0 Å². The number of methoxy groups -OCH3 is 1. The first-order valence-electron chi connectivity index (χ1n) is 6.14. The van der Waals surface area contributed by atoms with Gasteiger partial charge in [0.2, 0.25) is 0 Å². The highest BCUT2D eigenvalue weighted by molar-refractivity contribution is 5.80. The van der Waals surface area contributed by atoms with E-state index < -0.39 is 5.54 Å². The molecular weight excluding hydrogens is 204 g/mol. The molecule has 4 nitrogen and oxygen atoms in total. The Hall–Kier alpha value is -0.610. The van der Waals surface area contributed by atoms with E-state index in [0.29, 0.717) is 12.6 Å². The number of carbonyl (C=O) groups is 1. The summed E-state index contributed by atoms with van der Waals surface area (Å²) in [5.41, 5.74) is -0.568. The fourth-order valence-electron chi connectivity index (χ4n) is 1.97. The summed E-state index contributed by atoms with van der Waals surface area (Å²) in [5, 5.41) is 3.40. The third-order valence-corrected chi connectivity index (χ3v) is 3.17. The number of rotatable bonds is 7. The molecule has 0 spiro atoms. The standard InChI is InChI=1S/C12H24N2O2/c1-5-14(6-2)9-12(3,11(15)16-4)13-10-7-8-10/h10,13H,5-9H2,1-4H3. The maximum Gasteiger partial charge on any atom is 0.327 e. The van der Waals surface area contributed by atoms with Crippen molar-refractivity contribution >= 4 is 5.97 Å². The SMILES string of the molecule is CCN(CC)CC(C)(NC1CC1)C(=O)OC. The fraction of sp³-hybridized carbons (Fsp3) is 0.917. The van der Waals surface area contributed by atoms with E-state index in [9.17, 15) is 4.79 Å². The Kier molecular flexibility index (Phi) is 4.74. The zero-order valence-corrected chi connectivity index (χ0v) is 10.9. The molecule has 0 heterocycles. The van der Waals surface area contributed by atoms with Gasteiger partial charge in [-0.3, -0.25) is 10.1 Å². The Labute approximate surface area is 98.3 Å². The number of ether oxygens (including phenoxy) is 1. The summed E-state index contributed by atoms with van der Waals surface area (Å²) >= 11 is 0. The van der Waals surface area contributed by atoms with E-state index in [4.69, 9.17) is 4.74 Å². The molecule has 1 fully saturated rings. The molecule has 1 saturated carbocycles. The molecule has 0 amide bonds. The van der Waals surface area contributed by atoms with E-state index in [-0.39, 0.29) is 5.97 Å². The van der Waals surface area contributed by atoms with Crippen LogP contribution in [0.25, 0.3) is 0 Å². The average Bonchev–Trinajstić information content (AvgIpc) is 3.08. The van der Waals surface area contributed by atoms with Crippen molar-refractivity contribution in [3.63, 3.8) is 0 Å². The highest BCUT2D eigenvalue weighted by Gasteiger charge is 2.40. The third kappa shape index (κ3) is 3.46. The maximum absolute atomic E-state index is 11.9. The van der Waals surface area contributed by atoms with Crippen LogP contribution < -0.4 is 5.32 Å². The first-order chi connectivity index (χ1) is 7.55. The van der Waals surface area contributed by atoms with Crippen LogP contribution in [0, 0.1) is 0 Å². The van der Waals surface area contributed by atoms with Crippen LogP contribution in [0.15, 0.2) is 0 Å². The first-order valence-corrected chi connectivity index (χ1v) is 6.14. The van der Waals surface area contributed by atoms with Crippen LogP contribution in [0.2, 0.25) is 0 Å². The minimum Gasteiger partial charge on any atom is -0.468 e. The Morgan fingerprint density at radius 2 is 2.00 bits per heavy atom. The summed E-state index contributed by atoms with van der Waals surface area (Å²) in [6.45, 7) is 8.78. The van der Waals surface area contributed by atoms with Crippen molar-refractivity contribution in [2.75, 3.05) is 26.7 Å². The molecule has 0 saturated heterocycles. The zero-order chi connectivity index (χ0) is 12.2. The van der Waals surface area contributed by atoms with Crippen LogP contribution in [-0.2, 0) is 9.53 Å². The normalized spacial score (nSPS) is 19.6. The summed E-state index contributed by atoms with van der Waals surface area (Å²) in [6.07, 6.45) is 2.34. The van der Waals surface area contributed by atoms with Crippen molar-refractivity contribution in [1.29, 1.82) is 0 Å². The lowest BCUT2D eigenvalue weighted by atomic mass is 10.0. The maximum atomic E-state index is 11.9. The zero-order valence-electron chi connectivity index (χ0n) is 10.9. The summed E-state index contributed by atoms with van der Waals surface area (Å²) in [6, 6.07) is 0.500. The second-order valence-electron chi connectivity index (χ2n) is 4.70. The van der Waals surface area contributed by atoms with Crippen LogP contribution in [0.5, 0.6) is 0 Å². The van der Waals surface area contributed by atoms with Crippen LogP contribution in [0.4, 0.5) is 0 Å². The molecule has 1 aliphatic rings. The van der Waals surface area contributed by atoms with E-state index in [1.165, 1.54) is 20.0 Å². The number of likely N-dealkylation sites (N-methyl/N-ethyl adjacent to an activating group) is 1. The van der Waals surface area contributed by atoms with E-state index >= 15 is 0 Å². The number of nitrogens with zero attached hydrogens (tertiary/aromatic N) is 1. The van der Waals surface area contributed by atoms with Gasteiger partial charge in [-0.05, 0) is 32.9 Å². The van der Waals surface area contributed by atoms with Crippen LogP contribution in [0.3, 0.4) is 0 Å². The van der Waals surface area contributed by atoms with E-state index in [1.54, 1.807) is 0 Å². The van der Waals surface area contributed by atoms with E-state index in [1.807, 2.05) is 6.92 Å². The number of hydrogen-bond donors (Lipinski definition) is 1. The summed E-state index contributed by atoms with van der Waals surface area (Å²) in [4.78, 5) is 14.1. The van der Waals surface area contributed by atoms with Gasteiger partial charge >= 0.3 is 5.97 Å². The Bertz CT molecular complexity index is 237. The van der Waals surface area contributed by atoms with Gasteiger partial charge in [-0.25, -0.2) is 0 Å². The van der Waals surface area contributed by atoms with Gasteiger partial charge in [-0.15, -0.1) is 0 Å². The number of carbonyl (C=O) groups excluding carboxylic acids is 1. The second kappa shape index (κ2) is 5.64. The lowest BCUT2D eigenvalue weighted by molar-refractivity contribution is -0.148. The molecule has 16 heavy (non-hydrogen) atoms. The molecule has 0 aromatic heterocycles. The van der Waals surface area contributed by atoms with Crippen molar-refractivity contribution in [2.45, 2.75) is 45.2 Å². The van der Waals surface area contributed by atoms with Crippen molar-refractivity contribution in [1.82, 2.24) is 10.2 Å². The van der Waals surface area contributed by atoms with Gasteiger partial charge in [0.1, 0.15) is 5.54 Å². The third-order valence-electron chi connectivity index (χ3n) is 3.17. The molecule has 94 valence electrons. The summed E-state index contributed by atoms with van der Waals surface area (Å²) in [7, 11) is 1.46. The van der Waals surface area contributed by atoms with Crippen molar-refractivity contribution < 1.29 is 9.53 Å². The smallest absolute Gasteiger partial charge is 0.327 e. The van der Waals surface area contributed by atoms with Crippen LogP contribution in [-0.4, -0.2) is 49.2 Å². The summed E-state index contributed by atoms with van der Waals surface area (Å²) < 4.78 is 4.91. The molecule has 1 N–H and O–H groups in total. The molecule has 1 atom stereocenters. The Morgan fingerprint density at radius 3 is 2.38 bits per heavy atom. The lowest BCUT2D eigenvalue weighted by Gasteiger charge is -2.33. The van der Waals surface area contributed by atoms with E-state index in [2.05, 4.69) is 24.1 Å². The highest BCUT2D eigenvalue weighted by atomic mass is 16.5. The fourth-order valence-corrected chi connectivity index (χ4v) is 1.97. The molecular formula is C12H24N2O2. The number of esters is 1. The Balaban J connectivity index is 2.63. The molecule has 0 radical (unpaired) electrons. The molecule has 1 unspecified atom stereocenters. The van der Waals surface area contributed by atoms with Crippen molar-refractivity contribution in [3.8, 4) is 0 Å². The average molecular weight is 228 g/mol. The first kappa shape index (κ1) is 13.5. The van der Waals surface area contributed by atoms with Gasteiger partial charge in [-0.1, -0.05) is 13.8 Å². The summed E-state index contributed by atoms with van der Waals surface area (Å²) in [5.74, 6) is -0.161. The molecule has 0 aromatic rings. The quantitative estimate of drug-likeness (QED) is 0.660. The highest BCUT2D eigenvalue weighted by Crippen LogP contribution is 2.23. The molecule has 1 aliphatic carbocycles. The monoisotopic (exact) mass is 228 g/mol. The van der Waals surface area contributed by atoms with Crippen LogP contribution >= 0.6 is 0 Å². The van der Waals surface area contributed by atoms with Gasteiger partial charge in [0.15, 0.2) is 0 Å². The Morgan fingerprint density at radius 1 is 1.44 bits per heavy atom. The van der Waals surface area contributed by atoms with Gasteiger partial charge in [0, 0.05) is 12.6 Å². The van der Waals surface area contributed by atoms with Crippen molar-refractivity contribution in [3.05, 3.63) is 0 Å². The predicted molar refractivity (Wildman–Crippen MR) is 64.4 cm³/mol. The predicted octanol–water partition coefficient (Wildman–Crippen LogP) is 1.01. The van der Waals surface area contributed by atoms with Gasteiger partial charge in [0.25, 0.3) is 0 Å². The molecule has 0 aromatic carbocycles. The number of nitrogens with one attached hydrogen (secondary N) is 1. The topological polar surface area (TPSA) is 41.6 Å². The molecule has 0 aliphatic heterocycles. The molecule has 1 rings (SSSR count). The lowest BCUT2D eigenvalue weighted by Crippen LogP contribution is -2.58. The molecule has 0 bridgehead atoms. The molecule has 4 heteroatoms. The van der Waals surface area contributed by atoms with Crippen LogP contribution in [0.1, 0.15) is 33.6 Å². The minimum absolute atomic E-state index is 0.161. The van der Waals surface area contributed by atoms with E-state index in [0.717, 1.165) is 13.1 Å². The minimum atomic E-state index is -0.568. The van der Waals surface area contributed by atoms with Gasteiger partial charge in [-0.2, -0.15) is 0 Å².